The first-order valence-electron chi connectivity index (χ1n) is 8.53. The number of benzene rings is 2. The lowest BCUT2D eigenvalue weighted by Gasteiger charge is -2.33. The zero-order chi connectivity index (χ0) is 16.4. The van der Waals surface area contributed by atoms with Crippen LogP contribution in [-0.2, 0) is 18.3 Å². The second-order valence-corrected chi connectivity index (χ2v) is 7.20. The lowest BCUT2D eigenvalue weighted by Crippen LogP contribution is -2.27. The number of halogens is 1. The van der Waals surface area contributed by atoms with Crippen molar-refractivity contribution in [2.45, 2.75) is 38.0 Å². The SMILES string of the molecule is CN(C)CCCC1(C)c2ccccc2CCc2ccc(F)cc21. The molecular formula is C21H26FN. The summed E-state index contributed by atoms with van der Waals surface area (Å²) in [5.74, 6) is -0.123. The Balaban J connectivity index is 2.09. The van der Waals surface area contributed by atoms with E-state index < -0.39 is 0 Å². The van der Waals surface area contributed by atoms with Crippen molar-refractivity contribution in [1.82, 2.24) is 4.90 Å². The second-order valence-electron chi connectivity index (χ2n) is 7.20. The molecule has 0 spiro atoms. The van der Waals surface area contributed by atoms with Crippen molar-refractivity contribution in [3.8, 4) is 0 Å². The zero-order valence-corrected chi connectivity index (χ0v) is 14.4. The molecule has 1 unspecified atom stereocenters. The van der Waals surface area contributed by atoms with Crippen molar-refractivity contribution >= 4 is 0 Å². The van der Waals surface area contributed by atoms with Crippen LogP contribution < -0.4 is 0 Å². The number of aryl methyl sites for hydroxylation is 2. The number of fused-ring (bicyclic) bond motifs is 2. The maximum Gasteiger partial charge on any atom is 0.123 e. The predicted molar refractivity (Wildman–Crippen MR) is 94.5 cm³/mol. The molecule has 1 atom stereocenters. The molecule has 0 aromatic heterocycles. The number of hydrogen-bond donors (Lipinski definition) is 0. The summed E-state index contributed by atoms with van der Waals surface area (Å²) in [5.41, 5.74) is 5.16. The average molecular weight is 311 g/mol. The molecule has 122 valence electrons. The third-order valence-electron chi connectivity index (χ3n) is 5.22. The second kappa shape index (κ2) is 6.45. The van der Waals surface area contributed by atoms with E-state index >= 15 is 0 Å². The molecule has 0 fully saturated rings. The normalized spacial score (nSPS) is 20.0. The summed E-state index contributed by atoms with van der Waals surface area (Å²) in [7, 11) is 4.22. The minimum Gasteiger partial charge on any atom is -0.309 e. The minimum atomic E-state index is -0.123. The molecule has 1 aliphatic rings. The Morgan fingerprint density at radius 3 is 2.43 bits per heavy atom. The van der Waals surface area contributed by atoms with Crippen LogP contribution in [-0.4, -0.2) is 25.5 Å². The zero-order valence-electron chi connectivity index (χ0n) is 14.4. The summed E-state index contributed by atoms with van der Waals surface area (Å²) in [6, 6.07) is 14.1. The van der Waals surface area contributed by atoms with E-state index in [-0.39, 0.29) is 11.2 Å². The van der Waals surface area contributed by atoms with Crippen LogP contribution in [0.1, 0.15) is 42.0 Å². The fourth-order valence-corrected chi connectivity index (χ4v) is 3.99. The van der Waals surface area contributed by atoms with Gasteiger partial charge in [-0.1, -0.05) is 37.3 Å². The fraction of sp³-hybridized carbons (Fsp3) is 0.429. The lowest BCUT2D eigenvalue weighted by atomic mass is 9.71. The Labute approximate surface area is 139 Å². The highest BCUT2D eigenvalue weighted by atomic mass is 19.1. The summed E-state index contributed by atoms with van der Waals surface area (Å²) in [4.78, 5) is 2.22. The van der Waals surface area contributed by atoms with Crippen LogP contribution in [0.25, 0.3) is 0 Å². The molecule has 0 aliphatic heterocycles. The number of nitrogens with zero attached hydrogens (tertiary/aromatic N) is 1. The maximum absolute atomic E-state index is 14.0. The van der Waals surface area contributed by atoms with Gasteiger partial charge in [-0.05, 0) is 80.7 Å². The van der Waals surface area contributed by atoms with Gasteiger partial charge >= 0.3 is 0 Å². The standard InChI is InChI=1S/C21H26FN/c1-21(13-6-14-23(2)3)19-8-5-4-7-16(19)9-10-17-11-12-18(22)15-20(17)21/h4-5,7-8,11-12,15H,6,9-10,13-14H2,1-3H3. The summed E-state index contributed by atoms with van der Waals surface area (Å²) >= 11 is 0. The van der Waals surface area contributed by atoms with E-state index in [2.05, 4.69) is 50.2 Å². The first kappa shape index (κ1) is 16.2. The third-order valence-corrected chi connectivity index (χ3v) is 5.22. The van der Waals surface area contributed by atoms with Crippen LogP contribution in [0.3, 0.4) is 0 Å². The smallest absolute Gasteiger partial charge is 0.123 e. The quantitative estimate of drug-likeness (QED) is 0.799. The van der Waals surface area contributed by atoms with E-state index in [4.69, 9.17) is 0 Å². The largest absolute Gasteiger partial charge is 0.309 e. The highest BCUT2D eigenvalue weighted by molar-refractivity contribution is 5.49. The Morgan fingerprint density at radius 2 is 1.70 bits per heavy atom. The van der Waals surface area contributed by atoms with E-state index in [1.165, 1.54) is 22.3 Å². The molecule has 0 heterocycles. The van der Waals surface area contributed by atoms with E-state index in [0.717, 1.165) is 32.2 Å². The number of hydrogen-bond acceptors (Lipinski definition) is 1. The van der Waals surface area contributed by atoms with E-state index in [1.807, 2.05) is 6.07 Å². The van der Waals surface area contributed by atoms with Gasteiger partial charge in [-0.25, -0.2) is 4.39 Å². The van der Waals surface area contributed by atoms with Gasteiger partial charge in [0.05, 0.1) is 0 Å². The molecular weight excluding hydrogens is 285 g/mol. The van der Waals surface area contributed by atoms with Crippen LogP contribution in [0, 0.1) is 5.82 Å². The van der Waals surface area contributed by atoms with Crippen LogP contribution in [0.2, 0.25) is 0 Å². The Morgan fingerprint density at radius 1 is 1.00 bits per heavy atom. The van der Waals surface area contributed by atoms with Gasteiger partial charge in [0.2, 0.25) is 0 Å². The lowest BCUT2D eigenvalue weighted by molar-refractivity contribution is 0.368. The molecule has 0 saturated carbocycles. The topological polar surface area (TPSA) is 3.24 Å². The van der Waals surface area contributed by atoms with Crippen LogP contribution in [0.15, 0.2) is 42.5 Å². The first-order valence-corrected chi connectivity index (χ1v) is 8.53. The molecule has 0 bridgehead atoms. The number of rotatable bonds is 4. The molecule has 2 heteroatoms. The molecule has 23 heavy (non-hydrogen) atoms. The average Bonchev–Trinajstić information content (AvgIpc) is 2.64. The van der Waals surface area contributed by atoms with Gasteiger partial charge in [-0.15, -0.1) is 0 Å². The molecule has 0 N–H and O–H groups in total. The molecule has 0 saturated heterocycles. The third kappa shape index (κ3) is 3.18. The molecule has 0 amide bonds. The Bertz CT molecular complexity index is 692. The molecule has 2 aromatic carbocycles. The first-order chi connectivity index (χ1) is 11.0. The Hall–Kier alpha value is -1.67. The molecule has 3 rings (SSSR count). The Kier molecular flexibility index (Phi) is 4.54. The molecule has 2 aromatic rings. The van der Waals surface area contributed by atoms with Gasteiger partial charge in [0.1, 0.15) is 5.82 Å². The van der Waals surface area contributed by atoms with Crippen molar-refractivity contribution in [2.75, 3.05) is 20.6 Å². The predicted octanol–water partition coefficient (Wildman–Crippen LogP) is 4.57. The highest BCUT2D eigenvalue weighted by Crippen LogP contribution is 2.42. The summed E-state index contributed by atoms with van der Waals surface area (Å²) in [5, 5.41) is 0. The highest BCUT2D eigenvalue weighted by Gasteiger charge is 2.34. The van der Waals surface area contributed by atoms with E-state index in [9.17, 15) is 4.39 Å². The van der Waals surface area contributed by atoms with E-state index in [0.29, 0.717) is 0 Å². The van der Waals surface area contributed by atoms with Gasteiger partial charge in [-0.3, -0.25) is 0 Å². The van der Waals surface area contributed by atoms with Gasteiger partial charge in [-0.2, -0.15) is 0 Å². The fourth-order valence-electron chi connectivity index (χ4n) is 3.99. The van der Waals surface area contributed by atoms with Gasteiger partial charge in [0.25, 0.3) is 0 Å². The van der Waals surface area contributed by atoms with Gasteiger partial charge in [0.15, 0.2) is 0 Å². The minimum absolute atomic E-state index is 0.111. The van der Waals surface area contributed by atoms with Crippen molar-refractivity contribution in [1.29, 1.82) is 0 Å². The molecule has 1 nitrogen and oxygen atoms in total. The molecule has 1 aliphatic carbocycles. The molecule has 0 radical (unpaired) electrons. The van der Waals surface area contributed by atoms with Crippen molar-refractivity contribution < 1.29 is 4.39 Å². The maximum atomic E-state index is 14.0. The van der Waals surface area contributed by atoms with Crippen LogP contribution in [0.5, 0.6) is 0 Å². The monoisotopic (exact) mass is 311 g/mol. The van der Waals surface area contributed by atoms with Crippen LogP contribution in [0.4, 0.5) is 4.39 Å². The van der Waals surface area contributed by atoms with E-state index in [1.54, 1.807) is 12.1 Å². The van der Waals surface area contributed by atoms with Crippen molar-refractivity contribution in [3.63, 3.8) is 0 Å². The summed E-state index contributed by atoms with van der Waals surface area (Å²) in [6.45, 7) is 3.35. The van der Waals surface area contributed by atoms with Gasteiger partial charge < -0.3 is 4.90 Å². The van der Waals surface area contributed by atoms with Crippen molar-refractivity contribution in [2.24, 2.45) is 0 Å². The van der Waals surface area contributed by atoms with Gasteiger partial charge in [0, 0.05) is 5.41 Å². The summed E-state index contributed by atoms with van der Waals surface area (Å²) < 4.78 is 14.0. The van der Waals surface area contributed by atoms with Crippen LogP contribution >= 0.6 is 0 Å². The van der Waals surface area contributed by atoms with Crippen molar-refractivity contribution in [3.05, 3.63) is 70.5 Å². The summed E-state index contributed by atoms with van der Waals surface area (Å²) in [6.07, 6.45) is 4.18.